The highest BCUT2D eigenvalue weighted by Gasteiger charge is 2.27. The molecule has 2 heteroatoms. The van der Waals surface area contributed by atoms with E-state index in [9.17, 15) is 5.26 Å². The van der Waals surface area contributed by atoms with Crippen LogP contribution in [-0.2, 0) is 0 Å². The summed E-state index contributed by atoms with van der Waals surface area (Å²) in [5, 5.41) is 27.6. The molecule has 0 spiro atoms. The zero-order valence-electron chi connectivity index (χ0n) is 31.2. The molecule has 0 fully saturated rings. The Labute approximate surface area is 334 Å². The first kappa shape index (κ1) is 32.2. The Morgan fingerprint density at radius 2 is 0.897 bits per heavy atom. The molecule has 0 saturated carbocycles. The molecule has 12 aromatic carbocycles. The predicted molar refractivity (Wildman–Crippen MR) is 244 cm³/mol. The first-order valence-corrected chi connectivity index (χ1v) is 19.6. The molecule has 0 aromatic heterocycles. The van der Waals surface area contributed by atoms with Gasteiger partial charge in [0.1, 0.15) is 0 Å². The molecule has 0 radical (unpaired) electrons. The van der Waals surface area contributed by atoms with Gasteiger partial charge in [0, 0.05) is 5.56 Å². The van der Waals surface area contributed by atoms with Gasteiger partial charge in [0.25, 0.3) is 0 Å². The van der Waals surface area contributed by atoms with Crippen molar-refractivity contribution < 1.29 is 0 Å². The molecule has 0 aliphatic heterocycles. The van der Waals surface area contributed by atoms with E-state index in [2.05, 4.69) is 175 Å². The average Bonchev–Trinajstić information content (AvgIpc) is 3.80. The highest BCUT2D eigenvalue weighted by atomic mass is 14.6. The predicted octanol–water partition coefficient (Wildman–Crippen LogP) is 15.7. The molecule has 264 valence electrons. The Morgan fingerprint density at radius 1 is 0.345 bits per heavy atom. The maximum atomic E-state index is 9.73. The van der Waals surface area contributed by atoms with E-state index in [4.69, 9.17) is 6.57 Å². The van der Waals surface area contributed by atoms with Gasteiger partial charge in [-0.15, -0.1) is 0 Å². The molecule has 0 aliphatic carbocycles. The van der Waals surface area contributed by atoms with Gasteiger partial charge in [-0.25, -0.2) is 4.85 Å². The molecule has 0 amide bonds. The maximum absolute atomic E-state index is 9.73. The smallest absolute Gasteiger partial charge is 0.189 e. The van der Waals surface area contributed by atoms with E-state index in [-0.39, 0.29) is 0 Å². The lowest BCUT2D eigenvalue weighted by Gasteiger charge is -2.19. The van der Waals surface area contributed by atoms with Crippen molar-refractivity contribution in [2.75, 3.05) is 0 Å². The lowest BCUT2D eigenvalue weighted by atomic mass is 9.84. The highest BCUT2D eigenvalue weighted by Crippen LogP contribution is 2.55. The SMILES string of the molecule is [C-]#[N+]c1cc(C#N)cc(-c2cccc(-c3ccc4c5c(-c6ccccc6)c6c(cc7c8ccccc8c8cccc6c87)c(-c6ccccc6)c5c5cccc3c54)c2)c1. The summed E-state index contributed by atoms with van der Waals surface area (Å²) in [6.45, 7) is 7.64. The number of hydrogen-bond donors (Lipinski definition) is 0. The minimum absolute atomic E-state index is 0.463. The van der Waals surface area contributed by atoms with Crippen LogP contribution in [0.5, 0.6) is 0 Å². The number of nitrogens with zero attached hydrogens (tertiary/aromatic N) is 2. The number of fused-ring (bicyclic) bond motifs is 8. The number of benzene rings is 10. The van der Waals surface area contributed by atoms with Crippen LogP contribution in [0.3, 0.4) is 0 Å². The normalized spacial score (nSPS) is 11.8. The van der Waals surface area contributed by atoms with E-state index >= 15 is 0 Å². The second-order valence-corrected chi connectivity index (χ2v) is 15.3. The fraction of sp³-hybridized carbons (Fsp3) is 0. The number of nitriles is 1. The summed E-state index contributed by atoms with van der Waals surface area (Å²) in [7, 11) is 0. The van der Waals surface area contributed by atoms with Crippen molar-refractivity contribution in [3.05, 3.63) is 199 Å². The van der Waals surface area contributed by atoms with Gasteiger partial charge in [-0.2, -0.15) is 5.26 Å². The third kappa shape index (κ3) is 4.46. The quantitative estimate of drug-likeness (QED) is 0.131. The Morgan fingerprint density at radius 3 is 1.64 bits per heavy atom. The molecule has 12 rings (SSSR count). The lowest BCUT2D eigenvalue weighted by molar-refractivity contribution is 1.48. The third-order valence-electron chi connectivity index (χ3n) is 12.3. The monoisotopic (exact) mass is 730 g/mol. The van der Waals surface area contributed by atoms with E-state index < -0.39 is 0 Å². The maximum Gasteiger partial charge on any atom is 0.189 e. The fourth-order valence-corrected chi connectivity index (χ4v) is 10.0. The van der Waals surface area contributed by atoms with Crippen molar-refractivity contribution in [2.24, 2.45) is 0 Å². The van der Waals surface area contributed by atoms with E-state index in [0.717, 1.165) is 22.3 Å². The van der Waals surface area contributed by atoms with Crippen LogP contribution >= 0.6 is 0 Å². The molecular formula is C56H30N2. The van der Waals surface area contributed by atoms with Crippen LogP contribution in [0.15, 0.2) is 182 Å². The average molecular weight is 731 g/mol. The van der Waals surface area contributed by atoms with Gasteiger partial charge in [-0.05, 0) is 150 Å². The van der Waals surface area contributed by atoms with Gasteiger partial charge in [0.2, 0.25) is 0 Å². The Kier molecular flexibility index (Phi) is 6.80. The molecule has 0 N–H and O–H groups in total. The lowest BCUT2D eigenvalue weighted by Crippen LogP contribution is -1.91. The van der Waals surface area contributed by atoms with Crippen LogP contribution in [0, 0.1) is 17.9 Å². The van der Waals surface area contributed by atoms with Crippen LogP contribution < -0.4 is 0 Å². The Balaban J connectivity index is 1.26. The zero-order valence-corrected chi connectivity index (χ0v) is 31.2. The molecule has 0 aliphatic rings. The second kappa shape index (κ2) is 12.2. The van der Waals surface area contributed by atoms with Crippen molar-refractivity contribution in [3.63, 3.8) is 0 Å². The van der Waals surface area contributed by atoms with Gasteiger partial charge in [-0.3, -0.25) is 0 Å². The van der Waals surface area contributed by atoms with Crippen molar-refractivity contribution in [3.8, 4) is 50.6 Å². The number of rotatable bonds is 4. The Hall–Kier alpha value is -8.04. The van der Waals surface area contributed by atoms with Gasteiger partial charge in [0.05, 0.1) is 12.6 Å². The molecule has 58 heavy (non-hydrogen) atoms. The molecule has 2 nitrogen and oxygen atoms in total. The summed E-state index contributed by atoms with van der Waals surface area (Å²) in [6.07, 6.45) is 0. The van der Waals surface area contributed by atoms with E-state index in [1.807, 2.05) is 12.1 Å². The summed E-state index contributed by atoms with van der Waals surface area (Å²) in [4.78, 5) is 3.65. The summed E-state index contributed by atoms with van der Waals surface area (Å²) in [5.74, 6) is 0. The first-order chi connectivity index (χ1) is 28.7. The number of hydrogen-bond acceptors (Lipinski definition) is 1. The highest BCUT2D eigenvalue weighted by molar-refractivity contribution is 6.45. The molecule has 12 aromatic rings. The summed E-state index contributed by atoms with van der Waals surface area (Å²) < 4.78 is 0. The molecular weight excluding hydrogens is 701 g/mol. The standard InChI is InChI=1S/C56H30N2/c1-58-39-28-33(32-57)27-38(30-39)36-17-10-18-37(29-36)40-25-26-47-52-43(40)21-11-24-46(52)55-50(34-13-4-2-5-14-34)49-31-48-42-20-9-8-19-41(42)44-22-12-23-45(53(44)48)54(49)51(56(47)55)35-15-6-3-7-16-35/h2-31H. The van der Waals surface area contributed by atoms with Gasteiger partial charge in [-0.1, -0.05) is 152 Å². The van der Waals surface area contributed by atoms with Gasteiger partial charge >= 0.3 is 0 Å². The van der Waals surface area contributed by atoms with Crippen LogP contribution in [0.4, 0.5) is 5.69 Å². The minimum Gasteiger partial charge on any atom is -0.238 e. The largest absolute Gasteiger partial charge is 0.238 e. The zero-order chi connectivity index (χ0) is 38.5. The molecule has 0 saturated heterocycles. The third-order valence-corrected chi connectivity index (χ3v) is 12.3. The summed E-state index contributed by atoms with van der Waals surface area (Å²) in [5.41, 5.74) is 9.95. The van der Waals surface area contributed by atoms with Gasteiger partial charge < -0.3 is 0 Å². The first-order valence-electron chi connectivity index (χ1n) is 19.6. The van der Waals surface area contributed by atoms with Crippen LogP contribution in [-0.4, -0.2) is 0 Å². The molecule has 0 unspecified atom stereocenters. The fourth-order valence-electron chi connectivity index (χ4n) is 10.0. The van der Waals surface area contributed by atoms with Crippen LogP contribution in [0.1, 0.15) is 5.56 Å². The van der Waals surface area contributed by atoms with Crippen LogP contribution in [0.2, 0.25) is 0 Å². The van der Waals surface area contributed by atoms with Gasteiger partial charge in [0.15, 0.2) is 5.69 Å². The van der Waals surface area contributed by atoms with E-state index in [1.54, 1.807) is 6.07 Å². The minimum atomic E-state index is 0.463. The molecule has 0 atom stereocenters. The van der Waals surface area contributed by atoms with Crippen molar-refractivity contribution in [2.45, 2.75) is 0 Å². The van der Waals surface area contributed by atoms with Crippen LogP contribution in [0.25, 0.3) is 125 Å². The van der Waals surface area contributed by atoms with Crippen molar-refractivity contribution in [1.82, 2.24) is 0 Å². The Bertz CT molecular complexity index is 3700. The van der Waals surface area contributed by atoms with E-state index in [0.29, 0.717) is 11.3 Å². The second-order valence-electron chi connectivity index (χ2n) is 15.3. The van der Waals surface area contributed by atoms with Crippen molar-refractivity contribution >= 4 is 81.1 Å². The summed E-state index contributed by atoms with van der Waals surface area (Å²) >= 11 is 0. The van der Waals surface area contributed by atoms with Crippen molar-refractivity contribution in [1.29, 1.82) is 5.26 Å². The molecule has 0 heterocycles. The van der Waals surface area contributed by atoms with E-state index in [1.165, 1.54) is 97.7 Å². The summed E-state index contributed by atoms with van der Waals surface area (Å²) in [6, 6.07) is 67.7. The topological polar surface area (TPSA) is 28.1 Å². The molecule has 0 bridgehead atoms.